The van der Waals surface area contributed by atoms with Crippen LogP contribution in [-0.2, 0) is 0 Å². The van der Waals surface area contributed by atoms with Crippen molar-refractivity contribution in [1.29, 1.82) is 5.26 Å². The first kappa shape index (κ1) is 26.6. The van der Waals surface area contributed by atoms with Gasteiger partial charge >= 0.3 is 0 Å². The van der Waals surface area contributed by atoms with Gasteiger partial charge in [0.15, 0.2) is 0 Å². The molecule has 2 N–H and O–H groups in total. The van der Waals surface area contributed by atoms with Crippen LogP contribution < -0.4 is 10.6 Å². The van der Waals surface area contributed by atoms with Crippen molar-refractivity contribution in [3.63, 3.8) is 0 Å². The molecule has 38 heavy (non-hydrogen) atoms. The first-order valence-corrected chi connectivity index (χ1v) is 12.9. The monoisotopic (exact) mass is 502 g/mol. The molecule has 3 aromatic rings. The second-order valence-corrected chi connectivity index (χ2v) is 9.64. The van der Waals surface area contributed by atoms with E-state index in [9.17, 15) is 14.9 Å². The van der Waals surface area contributed by atoms with E-state index in [4.69, 9.17) is 0 Å². The summed E-state index contributed by atoms with van der Waals surface area (Å²) >= 11 is 0. The Balaban J connectivity index is 1.42. The lowest BCUT2D eigenvalue weighted by Crippen LogP contribution is -2.32. The Kier molecular flexibility index (Phi) is 8.89. The molecule has 1 fully saturated rings. The summed E-state index contributed by atoms with van der Waals surface area (Å²) < 4.78 is 0. The molecule has 190 valence electrons. The highest BCUT2D eigenvalue weighted by molar-refractivity contribution is 6.67. The lowest BCUT2D eigenvalue weighted by atomic mass is 9.49. The Labute approximate surface area is 224 Å². The number of hydrogen-bond acceptors (Lipinski definition) is 4. The fourth-order valence-electron chi connectivity index (χ4n) is 4.83. The number of rotatable bonds is 9. The summed E-state index contributed by atoms with van der Waals surface area (Å²) in [5.41, 5.74) is 2.84. The summed E-state index contributed by atoms with van der Waals surface area (Å²) in [6.45, 7) is 5.64. The van der Waals surface area contributed by atoms with Crippen LogP contribution in [-0.4, -0.2) is 29.6 Å². The predicted molar refractivity (Wildman–Crippen MR) is 154 cm³/mol. The number of carbonyl (C=O) groups is 2. The van der Waals surface area contributed by atoms with Gasteiger partial charge in [-0.25, -0.2) is 10.2 Å². The highest BCUT2D eigenvalue weighted by Crippen LogP contribution is 2.37. The first-order valence-electron chi connectivity index (χ1n) is 12.9. The van der Waals surface area contributed by atoms with Gasteiger partial charge in [-0.3, -0.25) is 9.59 Å². The molecule has 1 aliphatic heterocycles. The Morgan fingerprint density at radius 3 is 2.79 bits per heavy atom. The van der Waals surface area contributed by atoms with E-state index in [1.807, 2.05) is 61.6 Å². The number of nitrogens with one attached hydrogen (secondary N) is 2. The van der Waals surface area contributed by atoms with Crippen LogP contribution in [0.1, 0.15) is 52.0 Å². The zero-order valence-corrected chi connectivity index (χ0v) is 21.6. The van der Waals surface area contributed by atoms with Gasteiger partial charge in [0.05, 0.1) is 5.52 Å². The van der Waals surface area contributed by atoms with Crippen LogP contribution in [0.4, 0.5) is 5.82 Å². The van der Waals surface area contributed by atoms with Gasteiger partial charge in [0, 0.05) is 28.5 Å². The minimum Gasteiger partial charge on any atom is -0.349 e. The molecule has 2 heterocycles. The second-order valence-electron chi connectivity index (χ2n) is 9.64. The topological polar surface area (TPSA) is 94.9 Å². The fraction of sp³-hybridized carbons (Fsp3) is 0.226. The van der Waals surface area contributed by atoms with E-state index in [-0.39, 0.29) is 30.5 Å². The van der Waals surface area contributed by atoms with E-state index < -0.39 is 0 Å². The van der Waals surface area contributed by atoms with Gasteiger partial charge in [-0.15, -0.1) is 0 Å². The van der Waals surface area contributed by atoms with Gasteiger partial charge in [0.1, 0.15) is 5.82 Å². The molecule has 4 rings (SSSR count). The van der Waals surface area contributed by atoms with Crippen LogP contribution >= 0.6 is 0 Å². The third-order valence-corrected chi connectivity index (χ3v) is 6.81. The molecule has 2 atom stereocenters. The number of aromatic nitrogens is 1. The van der Waals surface area contributed by atoms with Crippen LogP contribution in [0.15, 0.2) is 91.6 Å². The summed E-state index contributed by atoms with van der Waals surface area (Å²) in [4.78, 5) is 30.5. The predicted octanol–water partition coefficient (Wildman–Crippen LogP) is 6.34. The number of amides is 2. The molecule has 2 amide bonds. The van der Waals surface area contributed by atoms with Gasteiger partial charge in [-0.05, 0) is 61.2 Å². The minimum absolute atomic E-state index is 0.0137. The molecule has 0 saturated carbocycles. The number of carbonyl (C=O) groups excluding carboxylic acids is 2. The maximum Gasteiger partial charge on any atom is 0.268 e. The second kappa shape index (κ2) is 12.7. The molecular weight excluding hydrogens is 471 g/mol. The van der Waals surface area contributed by atoms with Crippen molar-refractivity contribution in [2.75, 3.05) is 5.32 Å². The molecule has 0 aliphatic carbocycles. The van der Waals surface area contributed by atoms with E-state index in [1.54, 1.807) is 30.3 Å². The number of anilines is 1. The first-order chi connectivity index (χ1) is 18.5. The smallest absolute Gasteiger partial charge is 0.268 e. The maximum absolute atomic E-state index is 13.2. The molecule has 2 aromatic carbocycles. The minimum atomic E-state index is -0.216. The van der Waals surface area contributed by atoms with Crippen LogP contribution in [0.25, 0.3) is 10.9 Å². The molecule has 0 spiro atoms. The van der Waals surface area contributed by atoms with Crippen molar-refractivity contribution < 1.29 is 9.59 Å². The van der Waals surface area contributed by atoms with Crippen LogP contribution in [0.5, 0.6) is 0 Å². The molecule has 7 heteroatoms. The summed E-state index contributed by atoms with van der Waals surface area (Å²) in [6.07, 6.45) is 12.7. The zero-order chi connectivity index (χ0) is 26.9. The largest absolute Gasteiger partial charge is 0.349 e. The van der Waals surface area contributed by atoms with Crippen molar-refractivity contribution in [2.24, 2.45) is 0 Å². The molecule has 1 aliphatic rings. The SMILES string of the molecule is C=C/C=C\C=C/CC(C)NC(=O)c1ccc2nc(NC(=O)c3ccccc3C3CCB(C#N)C3)ccc2c1. The number of pyridine rings is 1. The van der Waals surface area contributed by atoms with Crippen molar-refractivity contribution >= 4 is 35.2 Å². The van der Waals surface area contributed by atoms with Crippen LogP contribution in [0.2, 0.25) is 12.6 Å². The highest BCUT2D eigenvalue weighted by Gasteiger charge is 2.31. The maximum atomic E-state index is 13.2. The van der Waals surface area contributed by atoms with E-state index in [2.05, 4.69) is 28.2 Å². The molecule has 0 bridgehead atoms. The number of nitrogens with zero attached hydrogens (tertiary/aromatic N) is 2. The van der Waals surface area contributed by atoms with Crippen molar-refractivity contribution in [3.8, 4) is 5.97 Å². The molecule has 1 saturated heterocycles. The molecule has 0 radical (unpaired) electrons. The van der Waals surface area contributed by atoms with Crippen molar-refractivity contribution in [1.82, 2.24) is 10.3 Å². The summed E-state index contributed by atoms with van der Waals surface area (Å²) in [5, 5.41) is 16.0. The van der Waals surface area contributed by atoms with E-state index >= 15 is 0 Å². The zero-order valence-electron chi connectivity index (χ0n) is 21.6. The third-order valence-electron chi connectivity index (χ3n) is 6.81. The molecule has 2 unspecified atom stereocenters. The lowest BCUT2D eigenvalue weighted by molar-refractivity contribution is 0.0940. The number of hydrogen-bond donors (Lipinski definition) is 2. The quantitative estimate of drug-likeness (QED) is 0.264. The van der Waals surface area contributed by atoms with E-state index in [0.717, 1.165) is 30.0 Å². The Morgan fingerprint density at radius 1 is 1.16 bits per heavy atom. The molecule has 1 aromatic heterocycles. The van der Waals surface area contributed by atoms with E-state index in [1.165, 1.54) is 0 Å². The normalized spacial score (nSPS) is 16.0. The van der Waals surface area contributed by atoms with Gasteiger partial charge < -0.3 is 10.6 Å². The average Bonchev–Trinajstić information content (AvgIpc) is 3.42. The number of allylic oxidation sites excluding steroid dienone is 4. The lowest BCUT2D eigenvalue weighted by Gasteiger charge is -2.15. The van der Waals surface area contributed by atoms with Gasteiger partial charge in [0.2, 0.25) is 0 Å². The highest BCUT2D eigenvalue weighted by atomic mass is 16.2. The third kappa shape index (κ3) is 6.66. The molecular formula is C31H31BN4O2. The average molecular weight is 502 g/mol. The van der Waals surface area contributed by atoms with Crippen LogP contribution in [0, 0.1) is 11.2 Å². The van der Waals surface area contributed by atoms with Crippen LogP contribution in [0.3, 0.4) is 0 Å². The summed E-state index contributed by atoms with van der Waals surface area (Å²) in [6, 6.07) is 16.5. The van der Waals surface area contributed by atoms with Gasteiger partial charge in [-0.2, -0.15) is 0 Å². The van der Waals surface area contributed by atoms with E-state index in [0.29, 0.717) is 28.9 Å². The number of nitriles is 1. The Hall–Kier alpha value is -4.44. The van der Waals surface area contributed by atoms with Crippen molar-refractivity contribution in [3.05, 3.63) is 108 Å². The fourth-order valence-corrected chi connectivity index (χ4v) is 4.83. The number of benzene rings is 2. The summed E-state index contributed by atoms with van der Waals surface area (Å²) in [7, 11) is 0. The van der Waals surface area contributed by atoms with Gasteiger partial charge in [0.25, 0.3) is 18.5 Å². The Morgan fingerprint density at radius 2 is 2.00 bits per heavy atom. The van der Waals surface area contributed by atoms with Crippen molar-refractivity contribution in [2.45, 2.75) is 44.4 Å². The Bertz CT molecular complexity index is 1440. The van der Waals surface area contributed by atoms with Gasteiger partial charge in [-0.1, -0.05) is 74.2 Å². The standard InChI is InChI=1S/C31H31BN4O2/c1-3-4-5-6-7-10-22(2)34-30(37)24-13-15-28-23(19-24)14-16-29(35-28)36-31(38)27-12-9-8-11-26(27)25-17-18-32(20-25)21-33/h3-9,11-16,19,22,25H,1,10,17-18,20H2,2H3,(H,34,37)(H,35,36,38)/b5-4-,7-6-. The molecule has 6 nitrogen and oxygen atoms in total. The summed E-state index contributed by atoms with van der Waals surface area (Å²) in [5.74, 6) is 2.66. The number of fused-ring (bicyclic) bond motifs is 1.